The zero-order chi connectivity index (χ0) is 13.0. The van der Waals surface area contributed by atoms with Crippen molar-refractivity contribution in [2.75, 3.05) is 0 Å². The highest BCUT2D eigenvalue weighted by atomic mass is 35.5. The number of rotatable bonds is 5. The van der Waals surface area contributed by atoms with E-state index in [4.69, 9.17) is 11.6 Å². The Morgan fingerprint density at radius 2 is 2.06 bits per heavy atom. The molecule has 1 aromatic carbocycles. The first kappa shape index (κ1) is 13.5. The van der Waals surface area contributed by atoms with Crippen LogP contribution in [0.25, 0.3) is 0 Å². The molecule has 0 saturated carbocycles. The minimum atomic E-state index is -3.33. The predicted molar refractivity (Wildman–Crippen MR) is 75.2 cm³/mol. The molecule has 3 nitrogen and oxygen atoms in total. The van der Waals surface area contributed by atoms with Crippen LogP contribution in [-0.4, -0.2) is 8.42 Å². The van der Waals surface area contributed by atoms with Crippen LogP contribution in [0.2, 0.25) is 5.02 Å². The van der Waals surface area contributed by atoms with Crippen LogP contribution >= 0.6 is 22.9 Å². The van der Waals surface area contributed by atoms with Crippen molar-refractivity contribution >= 4 is 33.0 Å². The number of thiophene rings is 1. The summed E-state index contributed by atoms with van der Waals surface area (Å²) < 4.78 is 26.3. The highest BCUT2D eigenvalue weighted by Gasteiger charge is 2.11. The van der Waals surface area contributed by atoms with Crippen LogP contribution in [0.5, 0.6) is 0 Å². The second-order valence-electron chi connectivity index (χ2n) is 3.84. The average molecular weight is 302 g/mol. The number of halogens is 1. The molecule has 0 aliphatic rings. The van der Waals surface area contributed by atoms with E-state index < -0.39 is 10.0 Å². The Balaban J connectivity index is 1.99. The van der Waals surface area contributed by atoms with Crippen LogP contribution in [0.1, 0.15) is 11.1 Å². The minimum absolute atomic E-state index is 0.0578. The van der Waals surface area contributed by atoms with E-state index in [-0.39, 0.29) is 5.75 Å². The molecule has 0 fully saturated rings. The van der Waals surface area contributed by atoms with Crippen LogP contribution in [-0.2, 0) is 22.3 Å². The summed E-state index contributed by atoms with van der Waals surface area (Å²) >= 11 is 7.36. The van der Waals surface area contributed by atoms with Crippen molar-refractivity contribution in [1.29, 1.82) is 0 Å². The van der Waals surface area contributed by atoms with Crippen LogP contribution in [0.4, 0.5) is 0 Å². The Bertz CT molecular complexity index is 609. The van der Waals surface area contributed by atoms with Gasteiger partial charge in [0.25, 0.3) is 0 Å². The quantitative estimate of drug-likeness (QED) is 0.923. The molecule has 0 amide bonds. The fraction of sp³-hybridized carbons (Fsp3) is 0.167. The molecular weight excluding hydrogens is 290 g/mol. The minimum Gasteiger partial charge on any atom is -0.212 e. The van der Waals surface area contributed by atoms with Crippen LogP contribution in [0.3, 0.4) is 0 Å². The lowest BCUT2D eigenvalue weighted by Gasteiger charge is -2.06. The van der Waals surface area contributed by atoms with Gasteiger partial charge in [-0.05, 0) is 40.1 Å². The Kier molecular flexibility index (Phi) is 4.40. The zero-order valence-corrected chi connectivity index (χ0v) is 11.9. The molecule has 2 rings (SSSR count). The molecule has 18 heavy (non-hydrogen) atoms. The Morgan fingerprint density at radius 1 is 1.22 bits per heavy atom. The molecule has 6 heteroatoms. The molecule has 2 aromatic rings. The topological polar surface area (TPSA) is 46.2 Å². The Hall–Kier alpha value is -0.880. The summed E-state index contributed by atoms with van der Waals surface area (Å²) in [6.07, 6.45) is 0. The number of hydrogen-bond donors (Lipinski definition) is 1. The third-order valence-electron chi connectivity index (χ3n) is 2.32. The van der Waals surface area contributed by atoms with E-state index in [9.17, 15) is 8.42 Å². The fourth-order valence-corrected chi connectivity index (χ4v) is 3.47. The van der Waals surface area contributed by atoms with Crippen LogP contribution in [0, 0.1) is 0 Å². The van der Waals surface area contributed by atoms with Crippen molar-refractivity contribution < 1.29 is 8.42 Å². The van der Waals surface area contributed by atoms with Gasteiger partial charge in [0.1, 0.15) is 0 Å². The summed E-state index contributed by atoms with van der Waals surface area (Å²) in [6, 6.07) is 8.76. The second kappa shape index (κ2) is 5.84. The van der Waals surface area contributed by atoms with E-state index in [0.717, 1.165) is 5.56 Å². The molecule has 1 N–H and O–H groups in total. The van der Waals surface area contributed by atoms with Crippen molar-refractivity contribution in [1.82, 2.24) is 4.72 Å². The highest BCUT2D eigenvalue weighted by Crippen LogP contribution is 2.13. The van der Waals surface area contributed by atoms with E-state index in [1.165, 1.54) is 0 Å². The van der Waals surface area contributed by atoms with Crippen LogP contribution in [0.15, 0.2) is 41.1 Å². The molecule has 0 unspecified atom stereocenters. The van der Waals surface area contributed by atoms with E-state index in [0.29, 0.717) is 17.1 Å². The maximum Gasteiger partial charge on any atom is 0.216 e. The Morgan fingerprint density at radius 3 is 2.72 bits per heavy atom. The van der Waals surface area contributed by atoms with Gasteiger partial charge in [-0.3, -0.25) is 0 Å². The van der Waals surface area contributed by atoms with Gasteiger partial charge in [0.15, 0.2) is 0 Å². The maximum atomic E-state index is 11.9. The molecule has 0 atom stereocenters. The first-order valence-corrected chi connectivity index (χ1v) is 8.25. The summed E-state index contributed by atoms with van der Waals surface area (Å²) in [5, 5.41) is 4.38. The predicted octanol–water partition coefficient (Wildman–Crippen LogP) is 3.02. The summed E-state index contributed by atoms with van der Waals surface area (Å²) in [5.41, 5.74) is 1.65. The van der Waals surface area contributed by atoms with Crippen molar-refractivity contribution in [3.8, 4) is 0 Å². The first-order valence-electron chi connectivity index (χ1n) is 5.28. The largest absolute Gasteiger partial charge is 0.216 e. The molecule has 0 spiro atoms. The van der Waals surface area contributed by atoms with Gasteiger partial charge in [-0.25, -0.2) is 13.1 Å². The maximum absolute atomic E-state index is 11.9. The third kappa shape index (κ3) is 4.10. The highest BCUT2D eigenvalue weighted by molar-refractivity contribution is 7.88. The first-order chi connectivity index (χ1) is 8.55. The monoisotopic (exact) mass is 301 g/mol. The number of nitrogens with one attached hydrogen (secondary N) is 1. The van der Waals surface area contributed by atoms with Gasteiger partial charge in [0, 0.05) is 11.6 Å². The third-order valence-corrected chi connectivity index (χ3v) is 4.59. The van der Waals surface area contributed by atoms with Gasteiger partial charge in [-0.15, -0.1) is 0 Å². The van der Waals surface area contributed by atoms with E-state index >= 15 is 0 Å². The number of benzene rings is 1. The molecular formula is C12H12ClNO2S2. The summed E-state index contributed by atoms with van der Waals surface area (Å²) in [7, 11) is -3.33. The van der Waals surface area contributed by atoms with Crippen LogP contribution < -0.4 is 4.72 Å². The van der Waals surface area contributed by atoms with E-state index in [1.54, 1.807) is 35.6 Å². The van der Waals surface area contributed by atoms with E-state index in [1.807, 2.05) is 16.8 Å². The SMILES string of the molecule is O=S(=O)(Cc1cccc(Cl)c1)NCc1ccsc1. The number of sulfonamides is 1. The number of hydrogen-bond acceptors (Lipinski definition) is 3. The van der Waals surface area contributed by atoms with E-state index in [2.05, 4.69) is 4.72 Å². The summed E-state index contributed by atoms with van der Waals surface area (Å²) in [6.45, 7) is 0.326. The molecule has 0 saturated heterocycles. The lowest BCUT2D eigenvalue weighted by Crippen LogP contribution is -2.24. The van der Waals surface area contributed by atoms with Gasteiger partial charge in [0.2, 0.25) is 10.0 Å². The molecule has 1 aromatic heterocycles. The van der Waals surface area contributed by atoms with Gasteiger partial charge in [0.05, 0.1) is 5.75 Å². The average Bonchev–Trinajstić information content (AvgIpc) is 2.78. The summed E-state index contributed by atoms with van der Waals surface area (Å²) in [4.78, 5) is 0. The van der Waals surface area contributed by atoms with Crippen molar-refractivity contribution in [3.63, 3.8) is 0 Å². The lowest BCUT2D eigenvalue weighted by atomic mass is 10.2. The molecule has 0 aliphatic heterocycles. The fourth-order valence-electron chi connectivity index (χ4n) is 1.48. The second-order valence-corrected chi connectivity index (χ2v) is 6.87. The molecule has 96 valence electrons. The smallest absolute Gasteiger partial charge is 0.212 e. The lowest BCUT2D eigenvalue weighted by molar-refractivity contribution is 0.580. The van der Waals surface area contributed by atoms with Gasteiger partial charge in [-0.1, -0.05) is 23.7 Å². The molecule has 0 radical (unpaired) electrons. The molecule has 1 heterocycles. The van der Waals surface area contributed by atoms with Crippen molar-refractivity contribution in [2.45, 2.75) is 12.3 Å². The van der Waals surface area contributed by atoms with Gasteiger partial charge < -0.3 is 0 Å². The van der Waals surface area contributed by atoms with Crippen molar-refractivity contribution in [3.05, 3.63) is 57.2 Å². The molecule has 0 bridgehead atoms. The summed E-state index contributed by atoms with van der Waals surface area (Å²) in [5.74, 6) is -0.0578. The zero-order valence-electron chi connectivity index (χ0n) is 9.47. The molecule has 0 aliphatic carbocycles. The normalized spacial score (nSPS) is 11.6. The van der Waals surface area contributed by atoms with Gasteiger partial charge in [-0.2, -0.15) is 11.3 Å². The van der Waals surface area contributed by atoms with Gasteiger partial charge >= 0.3 is 0 Å². The van der Waals surface area contributed by atoms with Crippen molar-refractivity contribution in [2.24, 2.45) is 0 Å². The Labute approximate surface area is 115 Å². The standard InChI is InChI=1S/C12H12ClNO2S2/c13-12-3-1-2-10(6-12)9-18(15,16)14-7-11-4-5-17-8-11/h1-6,8,14H,7,9H2.